The van der Waals surface area contributed by atoms with Gasteiger partial charge in [0.05, 0.1) is 0 Å². The van der Waals surface area contributed by atoms with E-state index in [0.29, 0.717) is 5.56 Å². The Balaban J connectivity index is 2.77. The van der Waals surface area contributed by atoms with Crippen LogP contribution in [0.3, 0.4) is 0 Å². The maximum absolute atomic E-state index is 13.4. The molecule has 0 aliphatic rings. The van der Waals surface area contributed by atoms with Crippen molar-refractivity contribution in [3.8, 4) is 0 Å². The molecular weight excluding hydrogens is 285 g/mol. The predicted molar refractivity (Wildman–Crippen MR) is 71.0 cm³/mol. The largest absolute Gasteiger partial charge is 0.348 e. The summed E-state index contributed by atoms with van der Waals surface area (Å²) in [5, 5.41) is 2.76. The molecule has 1 aromatic rings. The third-order valence-corrected chi connectivity index (χ3v) is 2.36. The van der Waals surface area contributed by atoms with Gasteiger partial charge in [-0.1, -0.05) is 15.9 Å². The first kappa shape index (κ1) is 13.9. The van der Waals surface area contributed by atoms with Crippen LogP contribution < -0.4 is 5.32 Å². The van der Waals surface area contributed by atoms with Gasteiger partial charge in [-0.05, 0) is 45.0 Å². The summed E-state index contributed by atoms with van der Waals surface area (Å²) in [5.41, 5.74) is 0.0838. The summed E-state index contributed by atoms with van der Waals surface area (Å²) in [6, 6.07) is 4.59. The summed E-state index contributed by atoms with van der Waals surface area (Å²) in [6.07, 6.45) is 2.79. The molecule has 1 aromatic carbocycles. The van der Waals surface area contributed by atoms with Crippen molar-refractivity contribution in [3.63, 3.8) is 0 Å². The van der Waals surface area contributed by atoms with Gasteiger partial charge in [0, 0.05) is 21.7 Å². The lowest BCUT2D eigenvalue weighted by Crippen LogP contribution is -2.39. The van der Waals surface area contributed by atoms with Crippen LogP contribution in [0.2, 0.25) is 0 Å². The molecule has 1 rings (SSSR count). The Labute approximate surface area is 109 Å². The zero-order valence-corrected chi connectivity index (χ0v) is 11.6. The second-order valence-electron chi connectivity index (χ2n) is 4.74. The molecule has 0 bridgehead atoms. The van der Waals surface area contributed by atoms with Gasteiger partial charge in [0.25, 0.3) is 0 Å². The van der Waals surface area contributed by atoms with E-state index in [0.717, 1.165) is 4.47 Å². The predicted octanol–water partition coefficient (Wildman–Crippen LogP) is 3.52. The Morgan fingerprint density at radius 2 is 2.06 bits per heavy atom. The molecule has 0 aromatic heterocycles. The Morgan fingerprint density at radius 3 is 2.65 bits per heavy atom. The number of benzene rings is 1. The van der Waals surface area contributed by atoms with Crippen LogP contribution in [0, 0.1) is 5.82 Å². The average molecular weight is 300 g/mol. The topological polar surface area (TPSA) is 29.1 Å². The SMILES string of the molecule is CC(C)(C)NC(=O)/C=C/c1cc(Br)ccc1F. The highest BCUT2D eigenvalue weighted by Crippen LogP contribution is 2.16. The quantitative estimate of drug-likeness (QED) is 0.832. The Kier molecular flexibility index (Phi) is 4.46. The highest BCUT2D eigenvalue weighted by molar-refractivity contribution is 9.10. The van der Waals surface area contributed by atoms with Crippen molar-refractivity contribution in [1.82, 2.24) is 5.32 Å². The second kappa shape index (κ2) is 5.45. The minimum atomic E-state index is -0.354. The zero-order valence-electron chi connectivity index (χ0n) is 10.1. The lowest BCUT2D eigenvalue weighted by Gasteiger charge is -2.18. The first-order valence-electron chi connectivity index (χ1n) is 5.23. The number of hydrogen-bond donors (Lipinski definition) is 1. The third-order valence-electron chi connectivity index (χ3n) is 1.87. The van der Waals surface area contributed by atoms with E-state index in [1.54, 1.807) is 12.1 Å². The first-order chi connectivity index (χ1) is 7.78. The molecule has 2 nitrogen and oxygen atoms in total. The van der Waals surface area contributed by atoms with E-state index in [4.69, 9.17) is 0 Å². The molecule has 0 aliphatic heterocycles. The molecule has 0 aliphatic carbocycles. The number of carbonyl (C=O) groups is 1. The van der Waals surface area contributed by atoms with E-state index in [9.17, 15) is 9.18 Å². The zero-order chi connectivity index (χ0) is 13.1. The molecule has 1 N–H and O–H groups in total. The molecule has 0 atom stereocenters. The first-order valence-corrected chi connectivity index (χ1v) is 6.02. The van der Waals surface area contributed by atoms with Gasteiger partial charge in [0.1, 0.15) is 5.82 Å². The van der Waals surface area contributed by atoms with Crippen molar-refractivity contribution in [2.75, 3.05) is 0 Å². The number of hydrogen-bond acceptors (Lipinski definition) is 1. The van der Waals surface area contributed by atoms with Crippen LogP contribution in [0.4, 0.5) is 4.39 Å². The van der Waals surface area contributed by atoms with Crippen LogP contribution in [0.5, 0.6) is 0 Å². The van der Waals surface area contributed by atoms with Gasteiger partial charge in [-0.25, -0.2) is 4.39 Å². The summed E-state index contributed by atoms with van der Waals surface area (Å²) in [4.78, 5) is 11.5. The van der Waals surface area contributed by atoms with E-state index < -0.39 is 0 Å². The summed E-state index contributed by atoms with van der Waals surface area (Å²) in [7, 11) is 0. The van der Waals surface area contributed by atoms with Crippen LogP contribution in [0.15, 0.2) is 28.7 Å². The van der Waals surface area contributed by atoms with E-state index in [1.165, 1.54) is 18.2 Å². The molecule has 17 heavy (non-hydrogen) atoms. The molecule has 0 unspecified atom stereocenters. The molecule has 0 radical (unpaired) electrons. The van der Waals surface area contributed by atoms with Crippen molar-refractivity contribution >= 4 is 27.9 Å². The standard InChI is InChI=1S/C13H15BrFNO/c1-13(2,3)16-12(17)7-4-9-8-10(14)5-6-11(9)15/h4-8H,1-3H3,(H,16,17)/b7-4+. The normalized spacial score (nSPS) is 11.8. The van der Waals surface area contributed by atoms with Crippen molar-refractivity contribution in [2.45, 2.75) is 26.3 Å². The third kappa shape index (κ3) is 5.13. The molecule has 92 valence electrons. The highest BCUT2D eigenvalue weighted by Gasteiger charge is 2.11. The average Bonchev–Trinajstić information content (AvgIpc) is 2.17. The van der Waals surface area contributed by atoms with Crippen LogP contribution in [0.1, 0.15) is 26.3 Å². The molecular formula is C13H15BrFNO. The fraction of sp³-hybridized carbons (Fsp3) is 0.308. The van der Waals surface area contributed by atoms with Crippen LogP contribution in [-0.2, 0) is 4.79 Å². The Bertz CT molecular complexity index is 449. The number of halogens is 2. The van der Waals surface area contributed by atoms with Crippen LogP contribution >= 0.6 is 15.9 Å². The van der Waals surface area contributed by atoms with E-state index in [2.05, 4.69) is 21.2 Å². The Hall–Kier alpha value is -1.16. The van der Waals surface area contributed by atoms with Crippen LogP contribution in [-0.4, -0.2) is 11.4 Å². The number of rotatable bonds is 2. The van der Waals surface area contributed by atoms with Gasteiger partial charge >= 0.3 is 0 Å². The molecule has 0 fully saturated rings. The monoisotopic (exact) mass is 299 g/mol. The fourth-order valence-electron chi connectivity index (χ4n) is 1.22. The van der Waals surface area contributed by atoms with Gasteiger partial charge in [-0.15, -0.1) is 0 Å². The van der Waals surface area contributed by atoms with Gasteiger partial charge in [-0.2, -0.15) is 0 Å². The van der Waals surface area contributed by atoms with Crippen molar-refractivity contribution in [1.29, 1.82) is 0 Å². The molecule has 1 amide bonds. The number of carbonyl (C=O) groups excluding carboxylic acids is 1. The molecule has 0 heterocycles. The lowest BCUT2D eigenvalue weighted by atomic mass is 10.1. The van der Waals surface area contributed by atoms with Gasteiger partial charge in [-0.3, -0.25) is 4.79 Å². The maximum Gasteiger partial charge on any atom is 0.244 e. The number of amides is 1. The van der Waals surface area contributed by atoms with Crippen molar-refractivity contribution < 1.29 is 9.18 Å². The van der Waals surface area contributed by atoms with Gasteiger partial charge in [0.15, 0.2) is 0 Å². The van der Waals surface area contributed by atoms with Crippen molar-refractivity contribution in [3.05, 3.63) is 40.1 Å². The smallest absolute Gasteiger partial charge is 0.244 e. The summed E-state index contributed by atoms with van der Waals surface area (Å²) < 4.78 is 14.1. The Morgan fingerprint density at radius 1 is 1.41 bits per heavy atom. The second-order valence-corrected chi connectivity index (χ2v) is 5.65. The summed E-state index contributed by atoms with van der Waals surface area (Å²) in [6.45, 7) is 5.66. The van der Waals surface area contributed by atoms with Gasteiger partial charge in [0.2, 0.25) is 5.91 Å². The molecule has 0 spiro atoms. The van der Waals surface area contributed by atoms with Crippen LogP contribution in [0.25, 0.3) is 6.08 Å². The summed E-state index contributed by atoms with van der Waals surface area (Å²) >= 11 is 3.25. The minimum Gasteiger partial charge on any atom is -0.348 e. The number of nitrogens with one attached hydrogen (secondary N) is 1. The fourth-order valence-corrected chi connectivity index (χ4v) is 1.60. The maximum atomic E-state index is 13.4. The molecule has 0 saturated carbocycles. The van der Waals surface area contributed by atoms with E-state index >= 15 is 0 Å². The van der Waals surface area contributed by atoms with Gasteiger partial charge < -0.3 is 5.32 Å². The minimum absolute atomic E-state index is 0.239. The highest BCUT2D eigenvalue weighted by atomic mass is 79.9. The molecule has 0 saturated heterocycles. The van der Waals surface area contributed by atoms with E-state index in [-0.39, 0.29) is 17.3 Å². The molecule has 4 heteroatoms. The van der Waals surface area contributed by atoms with Crippen molar-refractivity contribution in [2.24, 2.45) is 0 Å². The summed E-state index contributed by atoms with van der Waals surface area (Å²) in [5.74, 6) is -0.593. The van der Waals surface area contributed by atoms with E-state index in [1.807, 2.05) is 20.8 Å². The lowest BCUT2D eigenvalue weighted by molar-refractivity contribution is -0.117.